The second kappa shape index (κ2) is 7.26. The molecule has 0 bridgehead atoms. The van der Waals surface area contributed by atoms with Crippen LogP contribution in [0.3, 0.4) is 0 Å². The van der Waals surface area contributed by atoms with Crippen molar-refractivity contribution in [1.29, 1.82) is 0 Å². The van der Waals surface area contributed by atoms with Crippen LogP contribution >= 0.6 is 0 Å². The highest BCUT2D eigenvalue weighted by molar-refractivity contribution is 5.74. The monoisotopic (exact) mass is 298 g/mol. The zero-order valence-electron chi connectivity index (χ0n) is 13.6. The molecule has 1 atom stereocenters. The topological polar surface area (TPSA) is 0 Å². The predicted molar refractivity (Wildman–Crippen MR) is 92.0 cm³/mol. The van der Waals surface area contributed by atoms with Crippen molar-refractivity contribution in [2.45, 2.75) is 51.9 Å². The second-order valence-corrected chi connectivity index (χ2v) is 6.99. The lowest BCUT2D eigenvalue weighted by atomic mass is 9.72. The van der Waals surface area contributed by atoms with Crippen molar-refractivity contribution in [1.82, 2.24) is 0 Å². The lowest BCUT2D eigenvalue weighted by Gasteiger charge is -2.33. The van der Waals surface area contributed by atoms with Crippen molar-refractivity contribution in [3.8, 4) is 0 Å². The average molecular weight is 298 g/mol. The molecule has 0 N–H and O–H groups in total. The number of hydrogen-bond donors (Lipinski definition) is 0. The molecule has 3 rings (SSSR count). The first-order valence-electron chi connectivity index (χ1n) is 8.90. The van der Waals surface area contributed by atoms with E-state index in [9.17, 15) is 4.39 Å². The summed E-state index contributed by atoms with van der Waals surface area (Å²) in [7, 11) is 0. The van der Waals surface area contributed by atoms with Gasteiger partial charge in [0.25, 0.3) is 0 Å². The van der Waals surface area contributed by atoms with Crippen LogP contribution in [0.1, 0.15) is 57.4 Å². The fraction of sp³-hybridized carbons (Fsp3) is 0.524. The van der Waals surface area contributed by atoms with Gasteiger partial charge in [0.2, 0.25) is 0 Å². The van der Waals surface area contributed by atoms with E-state index in [1.165, 1.54) is 44.1 Å². The third kappa shape index (κ3) is 3.69. The van der Waals surface area contributed by atoms with E-state index in [1.54, 1.807) is 12.1 Å². The summed E-state index contributed by atoms with van der Waals surface area (Å²) in [6, 6.07) is 6.85. The molecule has 0 heterocycles. The standard InChI is InChI=1S/C21H27F/c1-2-3-16-4-6-17(7-5-16)18-8-10-19(11-9-18)20-12-14-21(22)15-13-20/h8,10-18H,2-7,9H2,1H3/t16-,17-,18?. The van der Waals surface area contributed by atoms with E-state index >= 15 is 0 Å². The number of hydrogen-bond acceptors (Lipinski definition) is 0. The number of halogens is 1. The summed E-state index contributed by atoms with van der Waals surface area (Å²) in [4.78, 5) is 0. The largest absolute Gasteiger partial charge is 0.207 e. The molecule has 2 aliphatic rings. The molecule has 2 aliphatic carbocycles. The molecule has 0 aromatic heterocycles. The van der Waals surface area contributed by atoms with Crippen molar-refractivity contribution >= 4 is 5.57 Å². The summed E-state index contributed by atoms with van der Waals surface area (Å²) < 4.78 is 13.0. The molecule has 0 saturated heterocycles. The molecule has 1 saturated carbocycles. The van der Waals surface area contributed by atoms with E-state index in [2.05, 4.69) is 25.2 Å². The summed E-state index contributed by atoms with van der Waals surface area (Å²) >= 11 is 0. The van der Waals surface area contributed by atoms with Gasteiger partial charge < -0.3 is 0 Å². The maximum Gasteiger partial charge on any atom is 0.123 e. The first-order valence-corrected chi connectivity index (χ1v) is 8.90. The molecule has 1 aromatic rings. The summed E-state index contributed by atoms with van der Waals surface area (Å²) in [6.07, 6.45) is 16.6. The van der Waals surface area contributed by atoms with Gasteiger partial charge in [-0.3, -0.25) is 0 Å². The van der Waals surface area contributed by atoms with Gasteiger partial charge >= 0.3 is 0 Å². The van der Waals surface area contributed by atoms with E-state index in [1.807, 2.05) is 12.1 Å². The van der Waals surface area contributed by atoms with E-state index in [0.717, 1.165) is 23.8 Å². The van der Waals surface area contributed by atoms with E-state index < -0.39 is 0 Å². The quantitative estimate of drug-likeness (QED) is 0.604. The van der Waals surface area contributed by atoms with Gasteiger partial charge in [0.15, 0.2) is 0 Å². The fourth-order valence-electron chi connectivity index (χ4n) is 4.16. The minimum Gasteiger partial charge on any atom is -0.207 e. The first-order chi connectivity index (χ1) is 10.8. The average Bonchev–Trinajstić information content (AvgIpc) is 2.57. The molecule has 0 spiro atoms. The highest BCUT2D eigenvalue weighted by Crippen LogP contribution is 2.39. The van der Waals surface area contributed by atoms with Crippen molar-refractivity contribution in [2.75, 3.05) is 0 Å². The molecule has 22 heavy (non-hydrogen) atoms. The number of benzene rings is 1. The summed E-state index contributed by atoms with van der Waals surface area (Å²) in [6.45, 7) is 2.30. The zero-order chi connectivity index (χ0) is 15.4. The van der Waals surface area contributed by atoms with Crippen molar-refractivity contribution in [3.05, 3.63) is 53.9 Å². The number of rotatable bonds is 4. The molecule has 0 nitrogen and oxygen atoms in total. The maximum absolute atomic E-state index is 13.0. The van der Waals surface area contributed by atoms with Crippen LogP contribution < -0.4 is 0 Å². The Kier molecular flexibility index (Phi) is 5.12. The fourth-order valence-corrected chi connectivity index (χ4v) is 4.16. The Morgan fingerprint density at radius 1 is 1.05 bits per heavy atom. The highest BCUT2D eigenvalue weighted by atomic mass is 19.1. The minimum absolute atomic E-state index is 0.161. The van der Waals surface area contributed by atoms with Crippen molar-refractivity contribution in [3.63, 3.8) is 0 Å². The molecule has 1 fully saturated rings. The Labute approximate surface area is 134 Å². The first kappa shape index (κ1) is 15.5. The second-order valence-electron chi connectivity index (χ2n) is 6.99. The van der Waals surface area contributed by atoms with Gasteiger partial charge in [-0.1, -0.05) is 63.0 Å². The predicted octanol–water partition coefficient (Wildman–Crippen LogP) is 6.39. The van der Waals surface area contributed by atoms with Crippen LogP contribution in [0.2, 0.25) is 0 Å². The molecular formula is C21H27F. The van der Waals surface area contributed by atoms with Crippen molar-refractivity contribution < 1.29 is 4.39 Å². The molecule has 0 amide bonds. The van der Waals surface area contributed by atoms with E-state index in [4.69, 9.17) is 0 Å². The highest BCUT2D eigenvalue weighted by Gasteiger charge is 2.26. The summed E-state index contributed by atoms with van der Waals surface area (Å²) in [5.41, 5.74) is 2.37. The van der Waals surface area contributed by atoms with E-state index in [-0.39, 0.29) is 5.82 Å². The molecule has 1 heteroatoms. The van der Waals surface area contributed by atoms with Gasteiger partial charge in [-0.15, -0.1) is 0 Å². The van der Waals surface area contributed by atoms with Gasteiger partial charge in [0.05, 0.1) is 0 Å². The lowest BCUT2D eigenvalue weighted by Crippen LogP contribution is -2.21. The summed E-state index contributed by atoms with van der Waals surface area (Å²) in [5, 5.41) is 0. The Bertz CT molecular complexity index is 530. The van der Waals surface area contributed by atoms with Gasteiger partial charge in [-0.2, -0.15) is 0 Å². The third-order valence-corrected chi connectivity index (χ3v) is 5.50. The van der Waals surface area contributed by atoms with Crippen LogP contribution in [0, 0.1) is 23.6 Å². The lowest BCUT2D eigenvalue weighted by molar-refractivity contribution is 0.221. The Morgan fingerprint density at radius 2 is 1.77 bits per heavy atom. The Balaban J connectivity index is 1.56. The normalized spacial score (nSPS) is 28.5. The van der Waals surface area contributed by atoms with Crippen LogP contribution in [0.4, 0.5) is 4.39 Å². The Hall–Kier alpha value is -1.37. The third-order valence-electron chi connectivity index (χ3n) is 5.50. The zero-order valence-corrected chi connectivity index (χ0v) is 13.6. The van der Waals surface area contributed by atoms with Crippen LogP contribution in [0.25, 0.3) is 5.57 Å². The number of allylic oxidation sites excluding steroid dienone is 4. The molecular weight excluding hydrogens is 271 g/mol. The van der Waals surface area contributed by atoms with Crippen LogP contribution in [-0.2, 0) is 0 Å². The minimum atomic E-state index is -0.161. The smallest absolute Gasteiger partial charge is 0.123 e. The van der Waals surface area contributed by atoms with Gasteiger partial charge in [-0.05, 0) is 60.3 Å². The molecule has 118 valence electrons. The SMILES string of the molecule is CCC[C@H]1CC[C@H](C2C=CC(c3ccc(F)cc3)=CC2)CC1. The molecule has 1 aromatic carbocycles. The van der Waals surface area contributed by atoms with Crippen LogP contribution in [0.5, 0.6) is 0 Å². The molecule has 1 unspecified atom stereocenters. The Morgan fingerprint density at radius 3 is 2.36 bits per heavy atom. The summed E-state index contributed by atoms with van der Waals surface area (Å²) in [5.74, 6) is 2.41. The van der Waals surface area contributed by atoms with Gasteiger partial charge in [-0.25, -0.2) is 4.39 Å². The van der Waals surface area contributed by atoms with Gasteiger partial charge in [0.1, 0.15) is 5.82 Å². The maximum atomic E-state index is 13.0. The van der Waals surface area contributed by atoms with Crippen molar-refractivity contribution in [2.24, 2.45) is 17.8 Å². The van der Waals surface area contributed by atoms with E-state index in [0.29, 0.717) is 5.92 Å². The van der Waals surface area contributed by atoms with Crippen LogP contribution in [-0.4, -0.2) is 0 Å². The van der Waals surface area contributed by atoms with Gasteiger partial charge in [0, 0.05) is 0 Å². The molecule has 0 radical (unpaired) electrons. The van der Waals surface area contributed by atoms with Crippen LogP contribution in [0.15, 0.2) is 42.5 Å². The molecule has 0 aliphatic heterocycles.